The van der Waals surface area contributed by atoms with Crippen molar-refractivity contribution in [2.45, 2.75) is 67.3 Å². The van der Waals surface area contributed by atoms with E-state index in [4.69, 9.17) is 21.5 Å². The number of hydrogen-bond donors (Lipinski definition) is 7. The van der Waals surface area contributed by atoms with Crippen molar-refractivity contribution in [3.8, 4) is 0 Å². The van der Waals surface area contributed by atoms with Crippen molar-refractivity contribution in [1.29, 1.82) is 0 Å². The molecule has 0 radical (unpaired) electrons. The van der Waals surface area contributed by atoms with Crippen molar-refractivity contribution in [2.24, 2.45) is 11.5 Å². The predicted octanol–water partition coefficient (Wildman–Crippen LogP) is 4.19. The highest BCUT2D eigenvalue weighted by Gasteiger charge is 1.98. The Kier molecular flexibility index (Phi) is 36.9. The van der Waals surface area contributed by atoms with E-state index in [1.165, 1.54) is 19.2 Å². The van der Waals surface area contributed by atoms with E-state index < -0.39 is 13.1 Å². The fourth-order valence-corrected chi connectivity index (χ4v) is 2.29. The van der Waals surface area contributed by atoms with Crippen molar-refractivity contribution in [2.75, 3.05) is 51.8 Å². The van der Waals surface area contributed by atoms with Crippen LogP contribution in [0.5, 0.6) is 0 Å². The van der Waals surface area contributed by atoms with Crippen molar-refractivity contribution < 1.29 is 14.8 Å². The summed E-state index contributed by atoms with van der Waals surface area (Å²) < 4.78 is 0. The van der Waals surface area contributed by atoms with E-state index in [1.807, 2.05) is 20.8 Å². The van der Waals surface area contributed by atoms with Gasteiger partial charge in [-0.15, -0.1) is 0 Å². The van der Waals surface area contributed by atoms with Crippen molar-refractivity contribution in [3.05, 3.63) is 59.4 Å². The predicted molar refractivity (Wildman–Crippen MR) is 180 cm³/mol. The molecule has 2 rings (SSSR count). The van der Waals surface area contributed by atoms with Crippen LogP contribution in [0.2, 0.25) is 0 Å². The van der Waals surface area contributed by atoms with E-state index in [9.17, 15) is 4.79 Å². The number of aryl methyl sites for hydroxylation is 1. The first-order valence-electron chi connectivity index (χ1n) is 14.2. The summed E-state index contributed by atoms with van der Waals surface area (Å²) in [7, 11) is -0.147. The van der Waals surface area contributed by atoms with Crippen molar-refractivity contribution in [1.82, 2.24) is 15.6 Å². The quantitative estimate of drug-likeness (QED) is 0.116. The molecule has 0 spiro atoms. The van der Waals surface area contributed by atoms with Crippen LogP contribution in [0.3, 0.4) is 0 Å². The molecule has 1 heterocycles. The molecule has 0 amide bonds. The van der Waals surface area contributed by atoms with Crippen molar-refractivity contribution >= 4 is 25.1 Å². The molecule has 10 N–H and O–H groups in total. The first-order valence-corrected chi connectivity index (χ1v) is 16.7. The van der Waals surface area contributed by atoms with Gasteiger partial charge in [0.05, 0.1) is 12.1 Å². The first kappa shape index (κ1) is 44.7. The molecule has 0 saturated carbocycles. The topological polar surface area (TPSA) is 173 Å². The molecule has 1 atom stereocenters. The number of benzene rings is 1. The van der Waals surface area contributed by atoms with Gasteiger partial charge in [-0.2, -0.15) is 0 Å². The highest BCUT2D eigenvalue weighted by molar-refractivity contribution is 7.67. The summed E-state index contributed by atoms with van der Waals surface area (Å²) in [6.45, 7) is 18.8. The number of carboxylic acids is 1. The van der Waals surface area contributed by atoms with Gasteiger partial charge in [-0.25, -0.2) is 0 Å². The average Bonchev–Trinajstić information content (AvgIpc) is 2.96. The zero-order valence-electron chi connectivity index (χ0n) is 26.5. The highest BCUT2D eigenvalue weighted by atomic mass is 31.2. The number of nitrogens with two attached hydrogens (primary N) is 3. The molecule has 0 fully saturated rings. The Morgan fingerprint density at radius 3 is 1.90 bits per heavy atom. The minimum absolute atomic E-state index is 0.0558. The number of carboxylic acid groups (broad SMARTS) is 1. The molecule has 10 heteroatoms. The number of nitrogen functional groups attached to an aromatic ring is 1. The lowest BCUT2D eigenvalue weighted by Crippen LogP contribution is -2.22. The zero-order valence-corrected chi connectivity index (χ0v) is 27.4. The lowest BCUT2D eigenvalue weighted by atomic mass is 10.1. The molecule has 1 aromatic heterocycles. The normalized spacial score (nSPS) is 10.6. The fraction of sp³-hybridized carbons (Fsp3) is 0.567. The molecule has 9 nitrogen and oxygen atoms in total. The Morgan fingerprint density at radius 1 is 0.975 bits per heavy atom. The van der Waals surface area contributed by atoms with Crippen LogP contribution in [-0.4, -0.2) is 73.3 Å². The summed E-state index contributed by atoms with van der Waals surface area (Å²) in [6.07, 6.45) is 6.65. The summed E-state index contributed by atoms with van der Waals surface area (Å²) in [5, 5.41) is 14.8. The summed E-state index contributed by atoms with van der Waals surface area (Å²) in [6, 6.07) is 13.0. The maximum absolute atomic E-state index is 10.2. The number of carbonyl (C=O) groups is 1. The van der Waals surface area contributed by atoms with E-state index in [1.54, 1.807) is 30.9 Å². The Labute approximate surface area is 245 Å². The Morgan fingerprint density at radius 2 is 1.50 bits per heavy atom. The van der Waals surface area contributed by atoms with Gasteiger partial charge < -0.3 is 37.8 Å². The highest BCUT2D eigenvalue weighted by Crippen LogP contribution is 2.32. The minimum atomic E-state index is -1.65. The second-order valence-electron chi connectivity index (χ2n) is 8.26. The minimum Gasteiger partial charge on any atom is -0.481 e. The standard InChI is InChI=1S/C10H16N2.C8H9NO2.C5H14N2.C4H11OP.C2H6.CH5N/c1-3-9-6-5-7-10(12-9)8-11-4-2;9-7-3-1-6(2-4-7)5-8(10)11;1-2-4-7-5-3-6;1-4-6(2,3)5;2*1-2/h5-7,11H,3-4,8H2,1-2H3;1-4H,5,9H2,(H,10,11);7H,2-6H2,1H3;5H,2,4H2,1,3H3;1-2H3;2H2,1H3. The van der Waals surface area contributed by atoms with Gasteiger partial charge >= 0.3 is 5.97 Å². The van der Waals surface area contributed by atoms with Crippen LogP contribution in [0.15, 0.2) is 42.5 Å². The number of rotatable bonds is 11. The van der Waals surface area contributed by atoms with Crippen LogP contribution in [0.4, 0.5) is 5.69 Å². The molecule has 0 bridgehead atoms. The summed E-state index contributed by atoms with van der Waals surface area (Å²) >= 11 is 0. The van der Waals surface area contributed by atoms with E-state index in [0.29, 0.717) is 5.69 Å². The van der Waals surface area contributed by atoms with E-state index in [-0.39, 0.29) is 6.42 Å². The average molecular weight is 585 g/mol. The maximum atomic E-state index is 10.2. The molecular formula is C30H61N6O3P. The van der Waals surface area contributed by atoms with Gasteiger partial charge in [0.2, 0.25) is 0 Å². The Hall–Kier alpha value is -2.26. The summed E-state index contributed by atoms with van der Waals surface area (Å²) in [5.41, 5.74) is 18.8. The second-order valence-corrected chi connectivity index (χ2v) is 11.6. The van der Waals surface area contributed by atoms with Gasteiger partial charge in [0, 0.05) is 31.0 Å². The zero-order chi connectivity index (χ0) is 31.8. The molecule has 234 valence electrons. The number of aromatic nitrogens is 1. The number of nitrogens with one attached hydrogen (secondary N) is 2. The van der Waals surface area contributed by atoms with Gasteiger partial charge in [-0.3, -0.25) is 9.78 Å². The molecule has 0 aliphatic heterocycles. The van der Waals surface area contributed by atoms with Gasteiger partial charge in [0.1, 0.15) is 0 Å². The lowest BCUT2D eigenvalue weighted by Gasteiger charge is -2.03. The molecule has 2 aromatic rings. The van der Waals surface area contributed by atoms with Crippen LogP contribution < -0.4 is 27.8 Å². The smallest absolute Gasteiger partial charge is 0.307 e. The number of hydrogen-bond acceptors (Lipinski definition) is 8. The fourth-order valence-electron chi connectivity index (χ4n) is 2.29. The largest absolute Gasteiger partial charge is 0.481 e. The monoisotopic (exact) mass is 584 g/mol. The summed E-state index contributed by atoms with van der Waals surface area (Å²) in [5.74, 6) is -0.824. The lowest BCUT2D eigenvalue weighted by molar-refractivity contribution is -0.136. The van der Waals surface area contributed by atoms with Crippen molar-refractivity contribution in [3.63, 3.8) is 0 Å². The van der Waals surface area contributed by atoms with Crippen LogP contribution in [0.25, 0.3) is 0 Å². The Balaban J connectivity index is -0.000000214. The van der Waals surface area contributed by atoms with Crippen LogP contribution in [0.1, 0.15) is 64.9 Å². The molecular weight excluding hydrogens is 523 g/mol. The molecule has 40 heavy (non-hydrogen) atoms. The molecule has 1 aromatic carbocycles. The second kappa shape index (κ2) is 32.9. The summed E-state index contributed by atoms with van der Waals surface area (Å²) in [4.78, 5) is 23.5. The number of aliphatic carboxylic acids is 1. The third-order valence-electron chi connectivity index (χ3n) is 4.55. The third kappa shape index (κ3) is 35.7. The van der Waals surface area contributed by atoms with Crippen LogP contribution in [-0.2, 0) is 24.2 Å². The molecule has 0 aliphatic rings. The van der Waals surface area contributed by atoms with Gasteiger partial charge in [0.25, 0.3) is 0 Å². The third-order valence-corrected chi connectivity index (χ3v) is 5.91. The number of anilines is 1. The Bertz CT molecular complexity index is 842. The van der Waals surface area contributed by atoms with E-state index in [2.05, 4.69) is 66.6 Å². The number of pyridine rings is 1. The molecule has 0 saturated heterocycles. The van der Waals surface area contributed by atoms with Gasteiger partial charge in [-0.05, 0) is 82.7 Å². The maximum Gasteiger partial charge on any atom is 0.307 e. The van der Waals surface area contributed by atoms with E-state index >= 15 is 0 Å². The van der Waals surface area contributed by atoms with E-state index in [0.717, 1.165) is 56.6 Å². The molecule has 0 aliphatic carbocycles. The van der Waals surface area contributed by atoms with Gasteiger partial charge in [0.15, 0.2) is 0 Å². The van der Waals surface area contributed by atoms with Gasteiger partial charge in [-0.1, -0.05) is 66.0 Å². The van der Waals surface area contributed by atoms with Crippen LogP contribution >= 0.6 is 7.11 Å². The van der Waals surface area contributed by atoms with Crippen LogP contribution in [0, 0.1) is 0 Å². The number of nitrogens with zero attached hydrogens (tertiary/aromatic N) is 1. The first-order chi connectivity index (χ1) is 19.0. The molecule has 1 unspecified atom stereocenters. The SMILES string of the molecule is C=P(C)(O)CC.CC.CCCNCCN.CCNCc1cccc(CC)n1.CN.Nc1ccc(CC(=O)O)cc1.